The first kappa shape index (κ1) is 28.1. The number of hydrogen-bond donors (Lipinski definition) is 5. The Morgan fingerprint density at radius 3 is 2.67 bits per heavy atom. The molecule has 0 radical (unpaired) electrons. The number of aliphatic carboxylic acids is 1. The van der Waals surface area contributed by atoms with E-state index in [9.17, 15) is 37.9 Å². The quantitative estimate of drug-likeness (QED) is 0.138. The van der Waals surface area contributed by atoms with Crippen molar-refractivity contribution in [3.05, 3.63) is 46.8 Å². The number of hydrogen-bond acceptors (Lipinski definition) is 13. The van der Waals surface area contributed by atoms with Gasteiger partial charge < -0.3 is 31.5 Å². The minimum Gasteiger partial charge on any atom is -0.480 e. The number of nitrogens with two attached hydrogens (primary N) is 2. The van der Waals surface area contributed by atoms with Gasteiger partial charge in [-0.25, -0.2) is 23.4 Å². The van der Waals surface area contributed by atoms with Crippen molar-refractivity contribution in [3.8, 4) is 0 Å². The standard InChI is InChI=1S/C20H23FN8O9S/c21-10-2-1-9(5-12(10)29(34)35)39(36,37)27(4-3-11(22)20(32)33)6-13-15(30)16(31)19(38-13)28-8-26-14-17(23)24-7-25-18(14)28/h1-2,5,7-8,11,13,15-16,19,30-31H,3-4,6,22H2,(H,32,33)(H2,23,24,25)/t11-,13+,15+,16+,19+/m0/s1. The van der Waals surface area contributed by atoms with Gasteiger partial charge in [0.05, 0.1) is 16.1 Å². The van der Waals surface area contributed by atoms with Crippen molar-refractivity contribution in [2.24, 2.45) is 5.73 Å². The molecule has 0 spiro atoms. The summed E-state index contributed by atoms with van der Waals surface area (Å²) in [5.74, 6) is -2.63. The van der Waals surface area contributed by atoms with Crippen molar-refractivity contribution in [1.82, 2.24) is 23.8 Å². The van der Waals surface area contributed by atoms with E-state index in [2.05, 4.69) is 15.0 Å². The van der Waals surface area contributed by atoms with Crippen molar-refractivity contribution in [2.75, 3.05) is 18.8 Å². The number of fused-ring (bicyclic) bond motifs is 1. The van der Waals surface area contributed by atoms with E-state index >= 15 is 0 Å². The molecule has 0 aliphatic carbocycles. The van der Waals surface area contributed by atoms with E-state index in [-0.39, 0.29) is 17.0 Å². The fourth-order valence-corrected chi connectivity index (χ4v) is 5.51. The van der Waals surface area contributed by atoms with E-state index in [1.165, 1.54) is 10.9 Å². The van der Waals surface area contributed by atoms with E-state index in [0.717, 1.165) is 12.4 Å². The molecule has 1 aliphatic heterocycles. The molecular weight excluding hydrogens is 547 g/mol. The molecule has 0 saturated carbocycles. The third-order valence-electron chi connectivity index (χ3n) is 6.14. The molecule has 0 amide bonds. The summed E-state index contributed by atoms with van der Waals surface area (Å²) in [7, 11) is -4.65. The molecule has 5 atom stereocenters. The second-order valence-corrected chi connectivity index (χ2v) is 10.5. The molecule has 3 heterocycles. The number of carboxylic acid groups (broad SMARTS) is 1. The predicted molar refractivity (Wildman–Crippen MR) is 128 cm³/mol. The van der Waals surface area contributed by atoms with Crippen LogP contribution in [0.5, 0.6) is 0 Å². The Bertz CT molecular complexity index is 1520. The number of aromatic nitrogens is 4. The van der Waals surface area contributed by atoms with Crippen LogP contribution in [-0.4, -0.2) is 95.9 Å². The zero-order valence-corrected chi connectivity index (χ0v) is 20.6. The zero-order chi connectivity index (χ0) is 28.6. The summed E-state index contributed by atoms with van der Waals surface area (Å²) in [4.78, 5) is 32.5. The van der Waals surface area contributed by atoms with Gasteiger partial charge in [-0.3, -0.25) is 19.5 Å². The minimum absolute atomic E-state index is 0.0452. The number of rotatable bonds is 10. The molecule has 210 valence electrons. The average Bonchev–Trinajstić information content (AvgIpc) is 3.43. The van der Waals surface area contributed by atoms with Gasteiger partial charge in [0.1, 0.15) is 36.2 Å². The van der Waals surface area contributed by atoms with Crippen LogP contribution in [0.3, 0.4) is 0 Å². The van der Waals surface area contributed by atoms with E-state index in [1.54, 1.807) is 0 Å². The van der Waals surface area contributed by atoms with Crippen molar-refractivity contribution in [3.63, 3.8) is 0 Å². The lowest BCUT2D eigenvalue weighted by molar-refractivity contribution is -0.387. The summed E-state index contributed by atoms with van der Waals surface area (Å²) in [6, 6.07) is 0.443. The lowest BCUT2D eigenvalue weighted by Crippen LogP contribution is -2.45. The summed E-state index contributed by atoms with van der Waals surface area (Å²) in [6.07, 6.45) is -3.94. The molecule has 3 aromatic rings. The molecule has 39 heavy (non-hydrogen) atoms. The largest absolute Gasteiger partial charge is 0.480 e. The summed E-state index contributed by atoms with van der Waals surface area (Å²) in [6.45, 7) is -1.16. The van der Waals surface area contributed by atoms with Gasteiger partial charge in [-0.2, -0.15) is 8.70 Å². The highest BCUT2D eigenvalue weighted by Gasteiger charge is 2.46. The molecule has 1 aromatic carbocycles. The molecule has 1 fully saturated rings. The van der Waals surface area contributed by atoms with Crippen LogP contribution >= 0.6 is 0 Å². The van der Waals surface area contributed by atoms with Crippen molar-refractivity contribution < 1.29 is 42.6 Å². The average molecular weight is 571 g/mol. The van der Waals surface area contributed by atoms with E-state index < -0.39 is 87.4 Å². The van der Waals surface area contributed by atoms with Gasteiger partial charge in [0.25, 0.3) is 0 Å². The van der Waals surface area contributed by atoms with Crippen LogP contribution < -0.4 is 11.5 Å². The molecule has 0 unspecified atom stereocenters. The summed E-state index contributed by atoms with van der Waals surface area (Å²) in [5.41, 5.74) is 10.6. The monoisotopic (exact) mass is 570 g/mol. The fourth-order valence-electron chi connectivity index (χ4n) is 4.02. The van der Waals surface area contributed by atoms with Gasteiger partial charge in [-0.15, -0.1) is 0 Å². The Labute approximate surface area is 218 Å². The Balaban J connectivity index is 1.65. The number of benzene rings is 1. The number of aliphatic hydroxyl groups is 2. The summed E-state index contributed by atoms with van der Waals surface area (Å²) >= 11 is 0. The smallest absolute Gasteiger partial charge is 0.320 e. The maximum absolute atomic E-state index is 13.9. The second-order valence-electron chi connectivity index (χ2n) is 8.60. The first-order chi connectivity index (χ1) is 18.3. The third kappa shape index (κ3) is 5.35. The lowest BCUT2D eigenvalue weighted by Gasteiger charge is -2.26. The number of halogens is 1. The van der Waals surface area contributed by atoms with Crippen LogP contribution in [0.2, 0.25) is 0 Å². The van der Waals surface area contributed by atoms with Crippen molar-refractivity contribution in [1.29, 1.82) is 0 Å². The Kier molecular flexibility index (Phi) is 7.73. The van der Waals surface area contributed by atoms with Crippen LogP contribution in [0.25, 0.3) is 11.2 Å². The summed E-state index contributed by atoms with van der Waals surface area (Å²) < 4.78 is 48.5. The van der Waals surface area contributed by atoms with Crippen molar-refractivity contribution >= 4 is 38.7 Å². The van der Waals surface area contributed by atoms with Crippen LogP contribution in [0.15, 0.2) is 35.7 Å². The molecule has 0 bridgehead atoms. The molecular formula is C20H23FN8O9S. The number of aliphatic hydroxyl groups excluding tert-OH is 2. The summed E-state index contributed by atoms with van der Waals surface area (Å²) in [5, 5.41) is 41.7. The lowest BCUT2D eigenvalue weighted by atomic mass is 10.1. The van der Waals surface area contributed by atoms with E-state index in [4.69, 9.17) is 21.3 Å². The fraction of sp³-hybridized carbons (Fsp3) is 0.400. The van der Waals surface area contributed by atoms with Crippen LogP contribution in [0, 0.1) is 15.9 Å². The molecule has 1 saturated heterocycles. The number of nitro groups is 1. The Morgan fingerprint density at radius 1 is 1.28 bits per heavy atom. The van der Waals surface area contributed by atoms with Crippen LogP contribution in [-0.2, 0) is 19.6 Å². The minimum atomic E-state index is -4.65. The number of nitrogens with zero attached hydrogens (tertiary/aromatic N) is 6. The Hall–Kier alpha value is -3.88. The SMILES string of the molecule is Nc1ncnc2c1ncn2[C@@H]1O[C@H](CN(CC[C@H](N)C(=O)O)S(=O)(=O)c2ccc(F)c([N+](=O)[O-])c2)[C@@H](O)[C@H]1O. The predicted octanol–water partition coefficient (Wildman–Crippen LogP) is -1.43. The van der Waals surface area contributed by atoms with Gasteiger partial charge in [0, 0.05) is 19.2 Å². The molecule has 4 rings (SSSR count). The number of imidazole rings is 1. The number of sulfonamides is 1. The van der Waals surface area contributed by atoms with Gasteiger partial charge in [0.2, 0.25) is 15.8 Å². The van der Waals surface area contributed by atoms with E-state index in [0.29, 0.717) is 16.4 Å². The van der Waals surface area contributed by atoms with Gasteiger partial charge in [0.15, 0.2) is 17.7 Å². The van der Waals surface area contributed by atoms with Crippen molar-refractivity contribution in [2.45, 2.75) is 41.9 Å². The molecule has 7 N–H and O–H groups in total. The first-order valence-corrected chi connectivity index (χ1v) is 12.6. The van der Waals surface area contributed by atoms with Crippen LogP contribution in [0.1, 0.15) is 12.6 Å². The zero-order valence-electron chi connectivity index (χ0n) is 19.8. The normalized spacial score (nSPS) is 22.4. The molecule has 1 aliphatic rings. The van der Waals surface area contributed by atoms with E-state index in [1.807, 2.05) is 0 Å². The number of nitro benzene ring substituents is 1. The molecule has 17 nitrogen and oxygen atoms in total. The molecule has 2 aromatic heterocycles. The second kappa shape index (κ2) is 10.7. The van der Waals surface area contributed by atoms with Gasteiger partial charge in [-0.05, 0) is 18.6 Å². The number of nitrogen functional groups attached to an aromatic ring is 1. The maximum atomic E-state index is 13.9. The highest BCUT2D eigenvalue weighted by atomic mass is 32.2. The molecule has 19 heteroatoms. The number of anilines is 1. The van der Waals surface area contributed by atoms with Crippen LogP contribution in [0.4, 0.5) is 15.9 Å². The third-order valence-corrected chi connectivity index (χ3v) is 8.00. The number of carbonyl (C=O) groups is 1. The maximum Gasteiger partial charge on any atom is 0.320 e. The number of ether oxygens (including phenoxy) is 1. The van der Waals surface area contributed by atoms with Gasteiger partial charge in [-0.1, -0.05) is 0 Å². The highest BCUT2D eigenvalue weighted by molar-refractivity contribution is 7.89. The first-order valence-electron chi connectivity index (χ1n) is 11.2. The van der Waals surface area contributed by atoms with Gasteiger partial charge >= 0.3 is 11.7 Å². The highest BCUT2D eigenvalue weighted by Crippen LogP contribution is 2.33. The number of carboxylic acids is 1. The Morgan fingerprint density at radius 2 is 2.00 bits per heavy atom. The topological polar surface area (TPSA) is 263 Å².